The Morgan fingerprint density at radius 1 is 1.33 bits per heavy atom. The van der Waals surface area contributed by atoms with Crippen LogP contribution in [0.15, 0.2) is 0 Å². The van der Waals surface area contributed by atoms with E-state index in [2.05, 4.69) is 6.92 Å². The Kier molecular flexibility index (Phi) is 3.53. The molecule has 0 bridgehead atoms. The Bertz CT molecular complexity index is 134. The van der Waals surface area contributed by atoms with Gasteiger partial charge in [-0.15, -0.1) is 0 Å². The summed E-state index contributed by atoms with van der Waals surface area (Å²) in [6.07, 6.45) is 3.47. The third-order valence-electron chi connectivity index (χ3n) is 2.57. The first-order valence-corrected chi connectivity index (χ1v) is 4.94. The lowest BCUT2D eigenvalue weighted by molar-refractivity contribution is -0.111. The van der Waals surface area contributed by atoms with Gasteiger partial charge in [0.25, 0.3) is 0 Å². The highest BCUT2D eigenvalue weighted by Crippen LogP contribution is 2.23. The van der Waals surface area contributed by atoms with Crippen LogP contribution >= 0.6 is 0 Å². The van der Waals surface area contributed by atoms with Crippen molar-refractivity contribution in [3.63, 3.8) is 0 Å². The van der Waals surface area contributed by atoms with E-state index in [9.17, 15) is 5.11 Å². The molecule has 0 amide bonds. The molecule has 2 heteroatoms. The van der Waals surface area contributed by atoms with E-state index in [1.165, 1.54) is 6.42 Å². The quantitative estimate of drug-likeness (QED) is 0.690. The van der Waals surface area contributed by atoms with Crippen molar-refractivity contribution in [2.24, 2.45) is 5.92 Å². The molecule has 1 rings (SSSR count). The van der Waals surface area contributed by atoms with Crippen molar-refractivity contribution in [1.29, 1.82) is 0 Å². The number of hydrogen-bond donors (Lipinski definition) is 1. The standard InChI is InChI=1S/C10H20O2/c1-7(2)10(11)9-6-4-5-8(3)12-9/h7-11H,4-6H2,1-3H3/t8-,9-,10+/m1/s1. The summed E-state index contributed by atoms with van der Waals surface area (Å²) in [5.41, 5.74) is 0. The van der Waals surface area contributed by atoms with Crippen LogP contribution in [0.4, 0.5) is 0 Å². The van der Waals surface area contributed by atoms with Crippen molar-refractivity contribution < 1.29 is 9.84 Å². The molecule has 0 aromatic heterocycles. The first-order chi connectivity index (χ1) is 5.61. The molecule has 12 heavy (non-hydrogen) atoms. The Balaban J connectivity index is 2.40. The normalized spacial score (nSPS) is 33.8. The fraction of sp³-hybridized carbons (Fsp3) is 1.00. The molecule has 1 heterocycles. The van der Waals surface area contributed by atoms with Crippen molar-refractivity contribution in [3.8, 4) is 0 Å². The molecule has 0 saturated carbocycles. The number of aliphatic hydroxyl groups is 1. The zero-order valence-corrected chi connectivity index (χ0v) is 8.29. The van der Waals surface area contributed by atoms with Crippen molar-refractivity contribution in [3.05, 3.63) is 0 Å². The zero-order chi connectivity index (χ0) is 9.14. The van der Waals surface area contributed by atoms with Crippen LogP contribution in [0.3, 0.4) is 0 Å². The first kappa shape index (κ1) is 10.0. The summed E-state index contributed by atoms with van der Waals surface area (Å²) in [5.74, 6) is 0.306. The van der Waals surface area contributed by atoms with Crippen molar-refractivity contribution in [1.82, 2.24) is 0 Å². The van der Waals surface area contributed by atoms with Crippen LogP contribution in [-0.2, 0) is 4.74 Å². The Hall–Kier alpha value is -0.0800. The van der Waals surface area contributed by atoms with E-state index >= 15 is 0 Å². The lowest BCUT2D eigenvalue weighted by Gasteiger charge is -2.32. The van der Waals surface area contributed by atoms with Gasteiger partial charge in [-0.05, 0) is 32.1 Å². The smallest absolute Gasteiger partial charge is 0.0840 e. The van der Waals surface area contributed by atoms with Gasteiger partial charge in [0, 0.05) is 0 Å². The van der Waals surface area contributed by atoms with Crippen LogP contribution in [0.5, 0.6) is 0 Å². The average Bonchev–Trinajstić information content (AvgIpc) is 2.03. The van der Waals surface area contributed by atoms with Gasteiger partial charge in [0.2, 0.25) is 0 Å². The molecule has 0 aliphatic carbocycles. The van der Waals surface area contributed by atoms with Crippen molar-refractivity contribution >= 4 is 0 Å². The SMILES string of the molecule is CC(C)[C@H](O)[C@H]1CCC[C@@H](C)O1. The van der Waals surface area contributed by atoms with E-state index in [1.807, 2.05) is 13.8 Å². The minimum absolute atomic E-state index is 0.0775. The predicted molar refractivity (Wildman–Crippen MR) is 49.0 cm³/mol. The molecule has 0 aromatic rings. The molecular formula is C10H20O2. The fourth-order valence-electron chi connectivity index (χ4n) is 1.72. The summed E-state index contributed by atoms with van der Waals surface area (Å²) in [4.78, 5) is 0. The highest BCUT2D eigenvalue weighted by Gasteiger charge is 2.27. The van der Waals surface area contributed by atoms with Gasteiger partial charge in [-0.2, -0.15) is 0 Å². The van der Waals surface area contributed by atoms with Gasteiger partial charge in [-0.3, -0.25) is 0 Å². The van der Waals surface area contributed by atoms with Gasteiger partial charge < -0.3 is 9.84 Å². The van der Waals surface area contributed by atoms with Gasteiger partial charge in [0.1, 0.15) is 0 Å². The number of aliphatic hydroxyl groups excluding tert-OH is 1. The van der Waals surface area contributed by atoms with E-state index in [0.29, 0.717) is 12.0 Å². The average molecular weight is 172 g/mol. The first-order valence-electron chi connectivity index (χ1n) is 4.94. The summed E-state index contributed by atoms with van der Waals surface area (Å²) in [6, 6.07) is 0. The van der Waals surface area contributed by atoms with E-state index in [-0.39, 0.29) is 12.2 Å². The second-order valence-corrected chi connectivity index (χ2v) is 4.15. The third kappa shape index (κ3) is 2.46. The van der Waals surface area contributed by atoms with Crippen LogP contribution in [0.25, 0.3) is 0 Å². The minimum atomic E-state index is -0.284. The number of ether oxygens (including phenoxy) is 1. The molecule has 0 aromatic carbocycles. The van der Waals surface area contributed by atoms with Gasteiger partial charge in [-0.25, -0.2) is 0 Å². The maximum Gasteiger partial charge on any atom is 0.0840 e. The lowest BCUT2D eigenvalue weighted by Crippen LogP contribution is -2.38. The topological polar surface area (TPSA) is 29.5 Å². The molecule has 0 radical (unpaired) electrons. The van der Waals surface area contributed by atoms with Crippen molar-refractivity contribution in [2.75, 3.05) is 0 Å². The molecule has 0 unspecified atom stereocenters. The van der Waals surface area contributed by atoms with Crippen LogP contribution in [0, 0.1) is 5.92 Å². The fourth-order valence-corrected chi connectivity index (χ4v) is 1.72. The van der Waals surface area contributed by atoms with E-state index in [1.54, 1.807) is 0 Å². The van der Waals surface area contributed by atoms with Gasteiger partial charge >= 0.3 is 0 Å². The minimum Gasteiger partial charge on any atom is -0.390 e. The molecule has 1 aliphatic rings. The molecule has 1 aliphatic heterocycles. The molecule has 1 fully saturated rings. The van der Waals surface area contributed by atoms with Crippen LogP contribution in [0.2, 0.25) is 0 Å². The molecule has 72 valence electrons. The monoisotopic (exact) mass is 172 g/mol. The summed E-state index contributed by atoms with van der Waals surface area (Å²) < 4.78 is 5.66. The second-order valence-electron chi connectivity index (χ2n) is 4.15. The number of hydrogen-bond acceptors (Lipinski definition) is 2. The Morgan fingerprint density at radius 3 is 2.50 bits per heavy atom. The summed E-state index contributed by atoms with van der Waals surface area (Å²) in [5, 5.41) is 9.74. The van der Waals surface area contributed by atoms with E-state index in [4.69, 9.17) is 4.74 Å². The van der Waals surface area contributed by atoms with Crippen molar-refractivity contribution in [2.45, 2.75) is 58.3 Å². The lowest BCUT2D eigenvalue weighted by atomic mass is 9.95. The second kappa shape index (κ2) is 4.24. The molecule has 1 N–H and O–H groups in total. The molecule has 1 saturated heterocycles. The third-order valence-corrected chi connectivity index (χ3v) is 2.57. The van der Waals surface area contributed by atoms with Crippen LogP contribution in [-0.4, -0.2) is 23.4 Å². The summed E-state index contributed by atoms with van der Waals surface area (Å²) >= 11 is 0. The molecule has 2 nitrogen and oxygen atoms in total. The van der Waals surface area contributed by atoms with Crippen LogP contribution < -0.4 is 0 Å². The molecule has 3 atom stereocenters. The zero-order valence-electron chi connectivity index (χ0n) is 8.29. The van der Waals surface area contributed by atoms with E-state index in [0.717, 1.165) is 12.8 Å². The largest absolute Gasteiger partial charge is 0.390 e. The highest BCUT2D eigenvalue weighted by molar-refractivity contribution is 4.76. The Labute approximate surface area is 74.9 Å². The maximum absolute atomic E-state index is 9.74. The van der Waals surface area contributed by atoms with Gasteiger partial charge in [0.05, 0.1) is 18.3 Å². The highest BCUT2D eigenvalue weighted by atomic mass is 16.5. The summed E-state index contributed by atoms with van der Waals surface area (Å²) in [6.45, 7) is 6.15. The predicted octanol–water partition coefficient (Wildman–Crippen LogP) is 1.96. The molecular weight excluding hydrogens is 152 g/mol. The van der Waals surface area contributed by atoms with Gasteiger partial charge in [-0.1, -0.05) is 13.8 Å². The number of rotatable bonds is 2. The summed E-state index contributed by atoms with van der Waals surface area (Å²) in [7, 11) is 0. The van der Waals surface area contributed by atoms with Gasteiger partial charge in [0.15, 0.2) is 0 Å². The maximum atomic E-state index is 9.74. The molecule has 0 spiro atoms. The van der Waals surface area contributed by atoms with Crippen LogP contribution in [0.1, 0.15) is 40.0 Å². The Morgan fingerprint density at radius 2 is 2.00 bits per heavy atom. The van der Waals surface area contributed by atoms with E-state index < -0.39 is 0 Å².